The summed E-state index contributed by atoms with van der Waals surface area (Å²) in [4.78, 5) is 20.9. The largest absolute Gasteiger partial charge is 0.321 e. The zero-order valence-corrected chi connectivity index (χ0v) is 6.83. The van der Waals surface area contributed by atoms with Crippen molar-refractivity contribution in [3.05, 3.63) is 11.1 Å². The van der Waals surface area contributed by atoms with E-state index in [2.05, 4.69) is 0 Å². The average molecular weight is 154 g/mol. The minimum absolute atomic E-state index is 0.657. The highest BCUT2D eigenvalue weighted by molar-refractivity contribution is 5.87. The molecule has 11 heavy (non-hydrogen) atoms. The fraction of sp³-hybridized carbons (Fsp3) is 0.500. The molecule has 1 rings (SSSR count). The molecule has 0 N–H and O–H groups in total. The molecule has 0 atom stereocenters. The van der Waals surface area contributed by atoms with Gasteiger partial charge in [-0.25, -0.2) is 0 Å². The summed E-state index contributed by atoms with van der Waals surface area (Å²) in [7, 11) is 4.00. The summed E-state index contributed by atoms with van der Waals surface area (Å²) < 4.78 is 0.710. The van der Waals surface area contributed by atoms with E-state index in [0.29, 0.717) is 28.7 Å². The molecule has 60 valence electrons. The van der Waals surface area contributed by atoms with E-state index in [9.17, 15) is 9.59 Å². The molecule has 0 aromatic carbocycles. The fourth-order valence-electron chi connectivity index (χ4n) is 1.41. The highest BCUT2D eigenvalue weighted by atomic mass is 16.1. The van der Waals surface area contributed by atoms with Crippen LogP contribution in [0.15, 0.2) is 11.1 Å². The second-order valence-corrected chi connectivity index (χ2v) is 3.54. The van der Waals surface area contributed by atoms with Crippen LogP contribution in [0.4, 0.5) is 0 Å². The summed E-state index contributed by atoms with van der Waals surface area (Å²) in [5.74, 6) is 0. The number of aldehydes is 2. The molecule has 1 aliphatic rings. The third-order valence-electron chi connectivity index (χ3n) is 1.89. The van der Waals surface area contributed by atoms with Gasteiger partial charge in [-0.15, -0.1) is 0 Å². The van der Waals surface area contributed by atoms with Gasteiger partial charge in [-0.1, -0.05) is 0 Å². The predicted molar refractivity (Wildman–Crippen MR) is 41.0 cm³/mol. The van der Waals surface area contributed by atoms with Crippen molar-refractivity contribution in [1.29, 1.82) is 0 Å². The van der Waals surface area contributed by atoms with Gasteiger partial charge in [0.05, 0.1) is 25.2 Å². The van der Waals surface area contributed by atoms with Gasteiger partial charge in [0.15, 0.2) is 12.6 Å². The molecule has 0 spiro atoms. The summed E-state index contributed by atoms with van der Waals surface area (Å²) in [6, 6.07) is 0. The van der Waals surface area contributed by atoms with Crippen LogP contribution in [0.25, 0.3) is 0 Å². The summed E-state index contributed by atoms with van der Waals surface area (Å²) in [6.07, 6.45) is 1.58. The van der Waals surface area contributed by atoms with Gasteiger partial charge in [0.25, 0.3) is 0 Å². The molecular weight excluding hydrogens is 142 g/mol. The van der Waals surface area contributed by atoms with Crippen molar-refractivity contribution in [2.75, 3.05) is 27.2 Å². The van der Waals surface area contributed by atoms with Gasteiger partial charge in [0.2, 0.25) is 0 Å². The van der Waals surface area contributed by atoms with Crippen molar-refractivity contribution in [2.24, 2.45) is 0 Å². The Hall–Kier alpha value is -0.960. The van der Waals surface area contributed by atoms with E-state index in [0.717, 1.165) is 12.6 Å². The molecular formula is C8H12NO2+. The van der Waals surface area contributed by atoms with Crippen molar-refractivity contribution >= 4 is 12.6 Å². The molecule has 0 bridgehead atoms. The van der Waals surface area contributed by atoms with Crippen LogP contribution >= 0.6 is 0 Å². The molecule has 3 heteroatoms. The normalized spacial score (nSPS) is 22.0. The van der Waals surface area contributed by atoms with Crippen LogP contribution in [0.3, 0.4) is 0 Å². The Balaban J connectivity index is 2.87. The maximum Gasteiger partial charge on any atom is 0.152 e. The fourth-order valence-corrected chi connectivity index (χ4v) is 1.41. The minimum Gasteiger partial charge on any atom is -0.321 e. The summed E-state index contributed by atoms with van der Waals surface area (Å²) in [6.45, 7) is 1.36. The van der Waals surface area contributed by atoms with E-state index in [4.69, 9.17) is 0 Å². The van der Waals surface area contributed by atoms with E-state index in [1.54, 1.807) is 0 Å². The molecule has 0 saturated carbocycles. The molecule has 3 nitrogen and oxygen atoms in total. The second-order valence-electron chi connectivity index (χ2n) is 3.54. The van der Waals surface area contributed by atoms with Gasteiger partial charge in [-0.3, -0.25) is 9.59 Å². The number of carbonyl (C=O) groups excluding carboxylic acids is 2. The number of hydrogen-bond donors (Lipinski definition) is 0. The third kappa shape index (κ3) is 1.54. The first-order valence-electron chi connectivity index (χ1n) is 3.53. The number of carbonyl (C=O) groups is 2. The van der Waals surface area contributed by atoms with Gasteiger partial charge in [0.1, 0.15) is 13.1 Å². The number of quaternary nitrogens is 1. The highest BCUT2D eigenvalue weighted by Crippen LogP contribution is 2.17. The maximum absolute atomic E-state index is 10.4. The lowest BCUT2D eigenvalue weighted by Gasteiger charge is -2.22. The lowest BCUT2D eigenvalue weighted by atomic mass is 10.2. The topological polar surface area (TPSA) is 34.1 Å². The van der Waals surface area contributed by atoms with Crippen LogP contribution in [0.5, 0.6) is 0 Å². The minimum atomic E-state index is 0.657. The number of nitrogens with zero attached hydrogens (tertiary/aromatic N) is 1. The van der Waals surface area contributed by atoms with E-state index < -0.39 is 0 Å². The molecule has 0 saturated heterocycles. The first-order chi connectivity index (χ1) is 5.09. The van der Waals surface area contributed by atoms with Crippen LogP contribution in [-0.4, -0.2) is 44.2 Å². The van der Waals surface area contributed by atoms with Gasteiger partial charge in [-0.05, 0) is 0 Å². The monoisotopic (exact) mass is 154 g/mol. The van der Waals surface area contributed by atoms with E-state index in [-0.39, 0.29) is 0 Å². The number of rotatable bonds is 2. The van der Waals surface area contributed by atoms with Crippen LogP contribution < -0.4 is 0 Å². The van der Waals surface area contributed by atoms with Gasteiger partial charge in [-0.2, -0.15) is 0 Å². The van der Waals surface area contributed by atoms with Gasteiger partial charge >= 0.3 is 0 Å². The summed E-state index contributed by atoms with van der Waals surface area (Å²) >= 11 is 0. The Labute approximate surface area is 65.9 Å². The van der Waals surface area contributed by atoms with Crippen molar-refractivity contribution in [3.63, 3.8) is 0 Å². The lowest BCUT2D eigenvalue weighted by Crippen LogP contribution is -2.37. The lowest BCUT2D eigenvalue weighted by molar-refractivity contribution is -0.874. The molecule has 0 unspecified atom stereocenters. The van der Waals surface area contributed by atoms with Gasteiger partial charge < -0.3 is 4.48 Å². The maximum atomic E-state index is 10.4. The van der Waals surface area contributed by atoms with Crippen LogP contribution in [0.2, 0.25) is 0 Å². The Bertz CT molecular complexity index is 206. The molecule has 0 aliphatic carbocycles. The van der Waals surface area contributed by atoms with E-state index >= 15 is 0 Å². The standard InChI is InChI=1S/C8H12NO2/c1-9(2)3-7(5-10)8(4-9)6-11/h5-6H,3-4H2,1-2H3/q+1. The third-order valence-corrected chi connectivity index (χ3v) is 1.89. The van der Waals surface area contributed by atoms with Crippen molar-refractivity contribution in [1.82, 2.24) is 0 Å². The molecule has 0 fully saturated rings. The quantitative estimate of drug-likeness (QED) is 0.407. The smallest absolute Gasteiger partial charge is 0.152 e. The van der Waals surface area contributed by atoms with Crippen molar-refractivity contribution in [2.45, 2.75) is 0 Å². The number of hydrogen-bond acceptors (Lipinski definition) is 2. The summed E-state index contributed by atoms with van der Waals surface area (Å²) in [5, 5.41) is 0. The Kier molecular flexibility index (Phi) is 1.91. The van der Waals surface area contributed by atoms with E-state index in [1.807, 2.05) is 14.1 Å². The molecule has 0 amide bonds. The van der Waals surface area contributed by atoms with Crippen molar-refractivity contribution in [3.8, 4) is 0 Å². The molecule has 0 aromatic heterocycles. The Morgan fingerprint density at radius 2 is 1.45 bits per heavy atom. The summed E-state index contributed by atoms with van der Waals surface area (Å²) in [5.41, 5.74) is 1.31. The predicted octanol–water partition coefficient (Wildman–Crippen LogP) is -0.229. The first-order valence-corrected chi connectivity index (χ1v) is 3.53. The first kappa shape index (κ1) is 8.14. The second kappa shape index (κ2) is 2.58. The molecule has 0 radical (unpaired) electrons. The number of likely N-dealkylation sites (N-methyl/N-ethyl adjacent to an activating group) is 1. The van der Waals surface area contributed by atoms with E-state index in [1.165, 1.54) is 0 Å². The highest BCUT2D eigenvalue weighted by Gasteiger charge is 2.29. The molecule has 1 aliphatic heterocycles. The Morgan fingerprint density at radius 3 is 1.73 bits per heavy atom. The van der Waals surface area contributed by atoms with Gasteiger partial charge in [0, 0.05) is 0 Å². The van der Waals surface area contributed by atoms with Crippen LogP contribution in [0.1, 0.15) is 0 Å². The SMILES string of the molecule is C[N+]1(C)CC(C=O)=C(C=O)C1. The van der Waals surface area contributed by atoms with Crippen molar-refractivity contribution < 1.29 is 14.1 Å². The molecule has 0 aromatic rings. The van der Waals surface area contributed by atoms with Crippen LogP contribution in [0, 0.1) is 0 Å². The average Bonchev–Trinajstić information content (AvgIpc) is 2.25. The molecule has 1 heterocycles. The zero-order chi connectivity index (χ0) is 8.48. The van der Waals surface area contributed by atoms with Crippen LogP contribution in [-0.2, 0) is 9.59 Å². The Morgan fingerprint density at radius 1 is 1.09 bits per heavy atom. The zero-order valence-electron chi connectivity index (χ0n) is 6.83.